The zero-order chi connectivity index (χ0) is 14.2. The van der Waals surface area contributed by atoms with Crippen LogP contribution in [0.3, 0.4) is 0 Å². The number of nitrogens with zero attached hydrogens (tertiary/aromatic N) is 2. The molecule has 1 aromatic heterocycles. The van der Waals surface area contributed by atoms with Crippen molar-refractivity contribution < 1.29 is 18.0 Å². The number of anilines is 1. The first-order chi connectivity index (χ1) is 8.79. The molecule has 1 unspecified atom stereocenters. The van der Waals surface area contributed by atoms with Crippen LogP contribution in [0.5, 0.6) is 0 Å². The number of rotatable bonds is 3. The van der Waals surface area contributed by atoms with Gasteiger partial charge in [-0.3, -0.25) is 19.6 Å². The van der Waals surface area contributed by atoms with Crippen LogP contribution >= 0.6 is 0 Å². The summed E-state index contributed by atoms with van der Waals surface area (Å²) in [4.78, 5) is 22.3. The summed E-state index contributed by atoms with van der Waals surface area (Å²) in [6.07, 6.45) is 1.44. The summed E-state index contributed by atoms with van der Waals surface area (Å²) in [6, 6.07) is -0.984. The molecule has 1 aromatic rings. The number of piperidine rings is 1. The molecule has 0 saturated carbocycles. The van der Waals surface area contributed by atoms with Gasteiger partial charge in [-0.25, -0.2) is 8.42 Å². The molecule has 10 heteroatoms. The normalized spacial score (nSPS) is 20.4. The molecule has 4 N–H and O–H groups in total. The first kappa shape index (κ1) is 13.5. The van der Waals surface area contributed by atoms with E-state index in [1.165, 1.54) is 17.9 Å². The van der Waals surface area contributed by atoms with Gasteiger partial charge in [-0.2, -0.15) is 9.82 Å². The number of aryl methyl sites for hydroxylation is 1. The molecule has 2 amide bonds. The van der Waals surface area contributed by atoms with Gasteiger partial charge < -0.3 is 5.73 Å². The first-order valence-corrected chi connectivity index (χ1v) is 6.93. The van der Waals surface area contributed by atoms with E-state index in [1.54, 1.807) is 0 Å². The maximum absolute atomic E-state index is 12.1. The number of sulfonamides is 1. The van der Waals surface area contributed by atoms with E-state index in [-0.39, 0.29) is 23.6 Å². The average molecular weight is 287 g/mol. The quantitative estimate of drug-likeness (QED) is 0.555. The van der Waals surface area contributed by atoms with Crippen LogP contribution in [0.4, 0.5) is 5.82 Å². The van der Waals surface area contributed by atoms with Crippen molar-refractivity contribution in [1.82, 2.24) is 19.8 Å². The first-order valence-electron chi connectivity index (χ1n) is 5.45. The minimum absolute atomic E-state index is 0.0848. The molecule has 2 heterocycles. The van der Waals surface area contributed by atoms with Gasteiger partial charge in [-0.15, -0.1) is 0 Å². The monoisotopic (exact) mass is 287 g/mol. The van der Waals surface area contributed by atoms with Gasteiger partial charge in [0, 0.05) is 19.7 Å². The van der Waals surface area contributed by atoms with Crippen molar-refractivity contribution in [2.75, 3.05) is 5.73 Å². The minimum Gasteiger partial charge on any atom is -0.381 e. The number of nitrogen functional groups attached to an aromatic ring is 1. The summed E-state index contributed by atoms with van der Waals surface area (Å²) in [5, 5.41) is 5.79. The van der Waals surface area contributed by atoms with E-state index in [9.17, 15) is 18.0 Å². The highest BCUT2D eigenvalue weighted by Crippen LogP contribution is 2.17. The van der Waals surface area contributed by atoms with E-state index >= 15 is 0 Å². The number of nitrogens with two attached hydrogens (primary N) is 1. The third kappa shape index (κ3) is 2.74. The fourth-order valence-electron chi connectivity index (χ4n) is 1.75. The van der Waals surface area contributed by atoms with Crippen LogP contribution in [0, 0.1) is 0 Å². The molecule has 2 rings (SSSR count). The lowest BCUT2D eigenvalue weighted by molar-refractivity contribution is -0.134. The molecule has 0 spiro atoms. The topological polar surface area (TPSA) is 136 Å². The van der Waals surface area contributed by atoms with Gasteiger partial charge in [-0.1, -0.05) is 0 Å². The van der Waals surface area contributed by atoms with Crippen LogP contribution in [0.2, 0.25) is 0 Å². The van der Waals surface area contributed by atoms with Crippen LogP contribution < -0.4 is 15.8 Å². The maximum atomic E-state index is 12.1. The Kier molecular flexibility index (Phi) is 3.28. The molecule has 0 radical (unpaired) electrons. The number of hydrogen-bond donors (Lipinski definition) is 3. The zero-order valence-electron chi connectivity index (χ0n) is 10.1. The molecular formula is C9H13N5O4S. The Morgan fingerprint density at radius 3 is 2.74 bits per heavy atom. The van der Waals surface area contributed by atoms with E-state index in [0.29, 0.717) is 0 Å². The average Bonchev–Trinajstić information content (AvgIpc) is 2.63. The number of carbonyl (C=O) groups is 2. The number of imide groups is 1. The highest BCUT2D eigenvalue weighted by atomic mass is 32.2. The molecule has 1 atom stereocenters. The highest BCUT2D eigenvalue weighted by Gasteiger charge is 2.32. The van der Waals surface area contributed by atoms with Crippen molar-refractivity contribution in [1.29, 1.82) is 0 Å². The molecule has 104 valence electrons. The van der Waals surface area contributed by atoms with E-state index in [2.05, 4.69) is 15.1 Å². The van der Waals surface area contributed by atoms with Crippen LogP contribution in [0.1, 0.15) is 12.8 Å². The second kappa shape index (κ2) is 4.63. The zero-order valence-corrected chi connectivity index (χ0v) is 10.9. The number of hydrogen-bond acceptors (Lipinski definition) is 6. The maximum Gasteiger partial charge on any atom is 0.246 e. The second-order valence-corrected chi connectivity index (χ2v) is 5.86. The number of amides is 2. The van der Waals surface area contributed by atoms with Gasteiger partial charge >= 0.3 is 0 Å². The van der Waals surface area contributed by atoms with Gasteiger partial charge in [0.2, 0.25) is 21.8 Å². The second-order valence-electron chi connectivity index (χ2n) is 4.18. The van der Waals surface area contributed by atoms with Crippen molar-refractivity contribution in [2.45, 2.75) is 23.8 Å². The Morgan fingerprint density at radius 1 is 1.53 bits per heavy atom. The lowest BCUT2D eigenvalue weighted by Crippen LogP contribution is -2.52. The molecule has 1 saturated heterocycles. The van der Waals surface area contributed by atoms with Crippen molar-refractivity contribution in [3.63, 3.8) is 0 Å². The van der Waals surface area contributed by atoms with E-state index in [1.807, 2.05) is 0 Å². The van der Waals surface area contributed by atoms with Crippen LogP contribution in [-0.2, 0) is 26.7 Å². The fourth-order valence-corrected chi connectivity index (χ4v) is 3.08. The number of carbonyl (C=O) groups excluding carboxylic acids is 2. The predicted octanol–water partition coefficient (Wildman–Crippen LogP) is -1.91. The number of aromatic nitrogens is 2. The fraction of sp³-hybridized carbons (Fsp3) is 0.444. The third-order valence-corrected chi connectivity index (χ3v) is 4.14. The summed E-state index contributed by atoms with van der Waals surface area (Å²) >= 11 is 0. The lowest BCUT2D eigenvalue weighted by Gasteiger charge is -2.21. The summed E-state index contributed by atoms with van der Waals surface area (Å²) < 4.78 is 27.6. The molecule has 1 aliphatic rings. The van der Waals surface area contributed by atoms with Crippen LogP contribution in [0.15, 0.2) is 11.1 Å². The third-order valence-electron chi connectivity index (χ3n) is 2.65. The van der Waals surface area contributed by atoms with E-state index < -0.39 is 27.9 Å². The smallest absolute Gasteiger partial charge is 0.246 e. The Morgan fingerprint density at radius 2 is 2.21 bits per heavy atom. The van der Waals surface area contributed by atoms with E-state index in [4.69, 9.17) is 5.73 Å². The van der Waals surface area contributed by atoms with Gasteiger partial charge in [0.25, 0.3) is 0 Å². The van der Waals surface area contributed by atoms with Crippen molar-refractivity contribution in [3.8, 4) is 0 Å². The van der Waals surface area contributed by atoms with Crippen molar-refractivity contribution >= 4 is 27.7 Å². The van der Waals surface area contributed by atoms with Crippen LogP contribution in [0.25, 0.3) is 0 Å². The van der Waals surface area contributed by atoms with Crippen molar-refractivity contribution in [2.24, 2.45) is 7.05 Å². The standard InChI is InChI=1S/C9H13N5O4S/c1-14-4-6(8(10)12-14)19(17,18)13-5-2-3-7(15)11-9(5)16/h4-5,13H,2-3H2,1H3,(H2,10,12)(H,11,15,16). The van der Waals surface area contributed by atoms with E-state index in [0.717, 1.165) is 0 Å². The summed E-state index contributed by atoms with van der Waals surface area (Å²) in [6.45, 7) is 0. The lowest BCUT2D eigenvalue weighted by atomic mass is 10.1. The SMILES string of the molecule is Cn1cc(S(=O)(=O)NC2CCC(=O)NC2=O)c(N)n1. The van der Waals surface area contributed by atoms with Gasteiger partial charge in [0.1, 0.15) is 10.9 Å². The largest absolute Gasteiger partial charge is 0.381 e. The summed E-state index contributed by atoms with van der Waals surface area (Å²) in [7, 11) is -2.42. The van der Waals surface area contributed by atoms with Gasteiger partial charge in [-0.05, 0) is 6.42 Å². The Balaban J connectivity index is 2.20. The van der Waals surface area contributed by atoms with Gasteiger partial charge in [0.15, 0.2) is 5.82 Å². The minimum atomic E-state index is -3.95. The summed E-state index contributed by atoms with van der Waals surface area (Å²) in [5.41, 5.74) is 5.48. The molecule has 9 nitrogen and oxygen atoms in total. The Labute approximate surface area is 109 Å². The van der Waals surface area contributed by atoms with Gasteiger partial charge in [0.05, 0.1) is 0 Å². The molecule has 0 aliphatic carbocycles. The predicted molar refractivity (Wildman–Crippen MR) is 64.1 cm³/mol. The Hall–Kier alpha value is -1.94. The molecule has 19 heavy (non-hydrogen) atoms. The molecular weight excluding hydrogens is 274 g/mol. The summed E-state index contributed by atoms with van der Waals surface area (Å²) in [5.74, 6) is -1.23. The van der Waals surface area contributed by atoms with Crippen LogP contribution in [-0.4, -0.2) is 36.1 Å². The molecule has 0 bridgehead atoms. The molecule has 1 aliphatic heterocycles. The Bertz CT molecular complexity index is 635. The molecule has 0 aromatic carbocycles. The molecule has 1 fully saturated rings. The highest BCUT2D eigenvalue weighted by molar-refractivity contribution is 7.89. The van der Waals surface area contributed by atoms with Crippen molar-refractivity contribution in [3.05, 3.63) is 6.20 Å². The number of nitrogens with one attached hydrogen (secondary N) is 2.